The molecule has 11 heteroatoms. The minimum atomic E-state index is -4.72. The Morgan fingerprint density at radius 2 is 1.91 bits per heavy atom. The van der Waals surface area contributed by atoms with E-state index in [2.05, 4.69) is 9.97 Å². The van der Waals surface area contributed by atoms with Crippen LogP contribution in [0.3, 0.4) is 0 Å². The van der Waals surface area contributed by atoms with E-state index in [0.717, 1.165) is 0 Å². The van der Waals surface area contributed by atoms with Gasteiger partial charge in [0.1, 0.15) is 11.6 Å². The minimum absolute atomic E-state index is 0.0750. The maximum atomic E-state index is 14.0. The summed E-state index contributed by atoms with van der Waals surface area (Å²) in [6.07, 6.45) is -5.14. The van der Waals surface area contributed by atoms with E-state index < -0.39 is 11.9 Å². The number of aromatic nitrogens is 2. The van der Waals surface area contributed by atoms with Crippen LogP contribution in [0.15, 0.2) is 24.3 Å². The molecule has 0 bridgehead atoms. The molecule has 1 aliphatic heterocycles. The maximum absolute atomic E-state index is 14.0. The summed E-state index contributed by atoms with van der Waals surface area (Å²) >= 11 is 6.03. The summed E-state index contributed by atoms with van der Waals surface area (Å²) in [5.74, 6) is -0.0500. The molecule has 0 N–H and O–H groups in total. The van der Waals surface area contributed by atoms with E-state index in [-0.39, 0.29) is 36.1 Å². The topological polar surface area (TPSA) is 76.4 Å². The van der Waals surface area contributed by atoms with Gasteiger partial charge in [0.15, 0.2) is 5.69 Å². The highest BCUT2D eigenvalue weighted by Crippen LogP contribution is 2.36. The summed E-state index contributed by atoms with van der Waals surface area (Å²) in [7, 11) is 3.29. The summed E-state index contributed by atoms with van der Waals surface area (Å²) in [6, 6.07) is 8.26. The first kappa shape index (κ1) is 23.6. The van der Waals surface area contributed by atoms with Crippen LogP contribution in [0.4, 0.5) is 23.8 Å². The number of piperazine rings is 1. The number of hydrogen-bond acceptors (Lipinski definition) is 5. The standard InChI is InChI=1S/C21H22ClF3N6O/c1-29(2)20(32)31-10-8-30(9-11-31)19-16(13-14-4-3-5-15(22)12-14)18(21(23,24)25)27-17(28-19)6-7-26/h3-5,12H,6,8-11,13H2,1-2H3. The van der Waals surface area contributed by atoms with E-state index in [0.29, 0.717) is 36.8 Å². The van der Waals surface area contributed by atoms with Gasteiger partial charge in [-0.1, -0.05) is 23.7 Å². The largest absolute Gasteiger partial charge is 0.433 e. The van der Waals surface area contributed by atoms with E-state index in [1.165, 1.54) is 4.90 Å². The van der Waals surface area contributed by atoms with E-state index in [1.807, 2.05) is 6.07 Å². The van der Waals surface area contributed by atoms with Crippen LogP contribution in [-0.4, -0.2) is 66.1 Å². The van der Waals surface area contributed by atoms with E-state index in [4.69, 9.17) is 16.9 Å². The summed E-state index contributed by atoms with van der Waals surface area (Å²) in [5, 5.41) is 9.42. The monoisotopic (exact) mass is 466 g/mol. The molecule has 7 nitrogen and oxygen atoms in total. The van der Waals surface area contributed by atoms with Crippen molar-refractivity contribution in [3.8, 4) is 6.07 Å². The molecule has 0 unspecified atom stereocenters. The lowest BCUT2D eigenvalue weighted by atomic mass is 10.0. The third-order valence-corrected chi connectivity index (χ3v) is 5.27. The van der Waals surface area contributed by atoms with Crippen LogP contribution in [0.2, 0.25) is 5.02 Å². The zero-order valence-corrected chi connectivity index (χ0v) is 18.4. The zero-order valence-electron chi connectivity index (χ0n) is 17.7. The molecule has 0 spiro atoms. The molecule has 1 aliphatic rings. The van der Waals surface area contributed by atoms with Crippen LogP contribution in [0.5, 0.6) is 0 Å². The van der Waals surface area contributed by atoms with Crippen molar-refractivity contribution in [2.45, 2.75) is 19.0 Å². The van der Waals surface area contributed by atoms with Gasteiger partial charge < -0.3 is 14.7 Å². The summed E-state index contributed by atoms with van der Waals surface area (Å²) in [6.45, 7) is 1.30. The molecule has 32 heavy (non-hydrogen) atoms. The first-order valence-electron chi connectivity index (χ1n) is 9.89. The number of alkyl halides is 3. The molecule has 0 atom stereocenters. The number of nitriles is 1. The molecule has 1 aromatic heterocycles. The number of urea groups is 1. The Labute approximate surface area is 189 Å². The smallest absolute Gasteiger partial charge is 0.353 e. The normalized spacial score (nSPS) is 14.3. The number of carbonyl (C=O) groups excluding carboxylic acids is 1. The third kappa shape index (κ3) is 5.40. The minimum Gasteiger partial charge on any atom is -0.353 e. The maximum Gasteiger partial charge on any atom is 0.433 e. The Balaban J connectivity index is 2.04. The molecule has 3 rings (SSSR count). The van der Waals surface area contributed by atoms with Gasteiger partial charge in [-0.25, -0.2) is 14.8 Å². The Morgan fingerprint density at radius 3 is 2.47 bits per heavy atom. The highest BCUT2D eigenvalue weighted by atomic mass is 35.5. The van der Waals surface area contributed by atoms with Gasteiger partial charge >= 0.3 is 12.2 Å². The van der Waals surface area contributed by atoms with Crippen molar-refractivity contribution in [2.24, 2.45) is 0 Å². The second-order valence-electron chi connectivity index (χ2n) is 7.58. The molecule has 1 aromatic carbocycles. The van der Waals surface area contributed by atoms with Crippen molar-refractivity contribution in [1.29, 1.82) is 5.26 Å². The van der Waals surface area contributed by atoms with Crippen LogP contribution >= 0.6 is 11.6 Å². The van der Waals surface area contributed by atoms with Crippen LogP contribution in [0.25, 0.3) is 0 Å². The molecular weight excluding hydrogens is 445 g/mol. The van der Waals surface area contributed by atoms with Crippen molar-refractivity contribution in [3.63, 3.8) is 0 Å². The summed E-state index contributed by atoms with van der Waals surface area (Å²) < 4.78 is 41.9. The predicted molar refractivity (Wildman–Crippen MR) is 113 cm³/mol. The molecule has 170 valence electrons. The Hall–Kier alpha value is -3.06. The molecular formula is C21H22ClF3N6O. The van der Waals surface area contributed by atoms with Crippen molar-refractivity contribution < 1.29 is 18.0 Å². The fourth-order valence-corrected chi connectivity index (χ4v) is 3.78. The molecule has 1 saturated heterocycles. The van der Waals surface area contributed by atoms with E-state index in [1.54, 1.807) is 48.2 Å². The summed E-state index contributed by atoms with van der Waals surface area (Å²) in [4.78, 5) is 25.0. The number of carbonyl (C=O) groups is 1. The van der Waals surface area contributed by atoms with Crippen molar-refractivity contribution in [3.05, 3.63) is 51.9 Å². The fourth-order valence-electron chi connectivity index (χ4n) is 3.57. The van der Waals surface area contributed by atoms with Crippen molar-refractivity contribution in [2.75, 3.05) is 45.2 Å². The van der Waals surface area contributed by atoms with Gasteiger partial charge in [0.05, 0.1) is 12.5 Å². The molecule has 1 fully saturated rings. The SMILES string of the molecule is CN(C)C(=O)N1CCN(c2nc(CC#N)nc(C(F)(F)F)c2Cc2cccc(Cl)c2)CC1. The van der Waals surface area contributed by atoms with Gasteiger partial charge in [-0.2, -0.15) is 18.4 Å². The molecule has 2 amide bonds. The molecule has 0 aliphatic carbocycles. The number of halogens is 4. The first-order valence-corrected chi connectivity index (χ1v) is 10.3. The first-order chi connectivity index (χ1) is 15.1. The highest BCUT2D eigenvalue weighted by molar-refractivity contribution is 6.30. The molecule has 2 heterocycles. The second-order valence-corrected chi connectivity index (χ2v) is 8.02. The van der Waals surface area contributed by atoms with Crippen LogP contribution in [0.1, 0.15) is 22.6 Å². The lowest BCUT2D eigenvalue weighted by Crippen LogP contribution is -2.52. The van der Waals surface area contributed by atoms with Gasteiger partial charge in [-0.05, 0) is 17.7 Å². The number of rotatable bonds is 4. The third-order valence-electron chi connectivity index (χ3n) is 5.04. The van der Waals surface area contributed by atoms with Gasteiger partial charge in [0, 0.05) is 57.3 Å². The van der Waals surface area contributed by atoms with Crippen LogP contribution < -0.4 is 4.90 Å². The fraction of sp³-hybridized carbons (Fsp3) is 0.429. The average Bonchev–Trinajstić information content (AvgIpc) is 2.73. The highest BCUT2D eigenvalue weighted by Gasteiger charge is 2.39. The van der Waals surface area contributed by atoms with Gasteiger partial charge in [0.2, 0.25) is 0 Å². The van der Waals surface area contributed by atoms with Gasteiger partial charge in [-0.15, -0.1) is 0 Å². The number of anilines is 1. The zero-order chi connectivity index (χ0) is 23.5. The Morgan fingerprint density at radius 1 is 1.22 bits per heavy atom. The van der Waals surface area contributed by atoms with Crippen LogP contribution in [0, 0.1) is 11.3 Å². The lowest BCUT2D eigenvalue weighted by molar-refractivity contribution is -0.141. The number of benzene rings is 1. The van der Waals surface area contributed by atoms with E-state index >= 15 is 0 Å². The van der Waals surface area contributed by atoms with Gasteiger partial charge in [0.25, 0.3) is 0 Å². The second kappa shape index (κ2) is 9.61. The predicted octanol–water partition coefficient (Wildman–Crippen LogP) is 3.61. The van der Waals surface area contributed by atoms with Crippen LogP contribution in [-0.2, 0) is 19.0 Å². The Kier molecular flexibility index (Phi) is 7.09. The average molecular weight is 467 g/mol. The number of nitrogens with zero attached hydrogens (tertiary/aromatic N) is 6. The number of hydrogen-bond donors (Lipinski definition) is 0. The number of amides is 2. The van der Waals surface area contributed by atoms with Crippen molar-refractivity contribution in [1.82, 2.24) is 19.8 Å². The van der Waals surface area contributed by atoms with Crippen molar-refractivity contribution >= 4 is 23.4 Å². The molecule has 2 aromatic rings. The summed E-state index contributed by atoms with van der Waals surface area (Å²) in [5.41, 5.74) is -0.546. The quantitative estimate of drug-likeness (QED) is 0.688. The molecule has 0 saturated carbocycles. The lowest BCUT2D eigenvalue weighted by Gasteiger charge is -2.37. The van der Waals surface area contributed by atoms with Gasteiger partial charge in [-0.3, -0.25) is 0 Å². The molecule has 0 radical (unpaired) electrons. The van der Waals surface area contributed by atoms with E-state index in [9.17, 15) is 18.0 Å². The Bertz CT molecular complexity index is 1030.